The number of benzene rings is 2. The molecule has 0 atom stereocenters. The normalized spacial score (nSPS) is 14.2. The van der Waals surface area contributed by atoms with E-state index in [2.05, 4.69) is 28.2 Å². The summed E-state index contributed by atoms with van der Waals surface area (Å²) in [6.45, 7) is 5.14. The first-order valence-corrected chi connectivity index (χ1v) is 9.65. The average Bonchev–Trinajstić information content (AvgIpc) is 3.07. The van der Waals surface area contributed by atoms with Crippen LogP contribution in [-0.2, 0) is 17.8 Å². The predicted octanol–water partition coefficient (Wildman–Crippen LogP) is 3.69. The van der Waals surface area contributed by atoms with E-state index in [1.165, 1.54) is 4.88 Å². The Hall–Kier alpha value is -2.44. The van der Waals surface area contributed by atoms with Crippen LogP contribution < -0.4 is 10.1 Å². The highest BCUT2D eigenvalue weighted by Gasteiger charge is 2.20. The number of aromatic nitrogens is 1. The molecule has 6 heteroatoms. The van der Waals surface area contributed by atoms with Crippen LogP contribution in [0.3, 0.4) is 0 Å². The van der Waals surface area contributed by atoms with Crippen LogP contribution in [0.1, 0.15) is 17.5 Å². The van der Waals surface area contributed by atoms with Crippen molar-refractivity contribution in [2.45, 2.75) is 19.9 Å². The van der Waals surface area contributed by atoms with Gasteiger partial charge in [0.2, 0.25) is 0 Å². The predicted molar refractivity (Wildman–Crippen MR) is 105 cm³/mol. The molecule has 0 fully saturated rings. The van der Waals surface area contributed by atoms with E-state index in [0.29, 0.717) is 10.9 Å². The zero-order chi connectivity index (χ0) is 17.9. The summed E-state index contributed by atoms with van der Waals surface area (Å²) in [6, 6.07) is 13.9. The highest BCUT2D eigenvalue weighted by atomic mass is 32.1. The average molecular weight is 367 g/mol. The van der Waals surface area contributed by atoms with Crippen molar-refractivity contribution in [2.24, 2.45) is 0 Å². The van der Waals surface area contributed by atoms with Crippen LogP contribution in [0.2, 0.25) is 0 Å². The summed E-state index contributed by atoms with van der Waals surface area (Å²) in [6.07, 6.45) is 0.948. The molecule has 0 radical (unpaired) electrons. The molecule has 134 valence electrons. The summed E-state index contributed by atoms with van der Waals surface area (Å²) in [5.41, 5.74) is 1.12. The Morgan fingerprint density at radius 1 is 1.27 bits per heavy atom. The number of likely N-dealkylation sites (N-methyl/N-ethyl adjacent to an activating group) is 1. The molecule has 5 nitrogen and oxygen atoms in total. The van der Waals surface area contributed by atoms with E-state index >= 15 is 0 Å². The van der Waals surface area contributed by atoms with E-state index in [1.54, 1.807) is 11.3 Å². The number of fused-ring (bicyclic) bond motifs is 2. The van der Waals surface area contributed by atoms with Crippen LogP contribution in [0.5, 0.6) is 5.75 Å². The summed E-state index contributed by atoms with van der Waals surface area (Å²) in [5.74, 6) is 0.507. The molecule has 1 N–H and O–H groups in total. The van der Waals surface area contributed by atoms with Crippen LogP contribution in [0.25, 0.3) is 10.8 Å². The molecule has 0 bridgehead atoms. The second kappa shape index (κ2) is 7.43. The van der Waals surface area contributed by atoms with Gasteiger partial charge in [0.25, 0.3) is 5.91 Å². The van der Waals surface area contributed by atoms with E-state index in [9.17, 15) is 4.79 Å². The number of amides is 1. The van der Waals surface area contributed by atoms with Gasteiger partial charge in [-0.3, -0.25) is 15.0 Å². The Kier molecular flexibility index (Phi) is 4.86. The minimum absolute atomic E-state index is 0.0241. The minimum Gasteiger partial charge on any atom is -0.484 e. The fraction of sp³-hybridized carbons (Fsp3) is 0.300. The standard InChI is InChI=1S/C20H21N3O2S/c1-2-23-10-9-17-18(12-23)26-20(21-17)22-19(24)13-25-16-8-7-14-5-3-4-6-15(14)11-16/h3-8,11H,2,9-10,12-13H2,1H3,(H,21,22,24). The summed E-state index contributed by atoms with van der Waals surface area (Å²) in [5, 5.41) is 5.78. The lowest BCUT2D eigenvalue weighted by Gasteiger charge is -2.23. The maximum absolute atomic E-state index is 12.2. The smallest absolute Gasteiger partial charge is 0.264 e. The Bertz CT molecular complexity index is 938. The number of hydrogen-bond donors (Lipinski definition) is 1. The quantitative estimate of drug-likeness (QED) is 0.747. The molecule has 1 aliphatic heterocycles. The fourth-order valence-corrected chi connectivity index (χ4v) is 4.20. The van der Waals surface area contributed by atoms with Crippen LogP contribution in [-0.4, -0.2) is 35.5 Å². The lowest BCUT2D eigenvalue weighted by molar-refractivity contribution is -0.118. The molecule has 0 unspecified atom stereocenters. The fourth-order valence-electron chi connectivity index (χ4n) is 3.13. The van der Waals surface area contributed by atoms with Gasteiger partial charge in [-0.05, 0) is 29.4 Å². The Morgan fingerprint density at radius 3 is 2.96 bits per heavy atom. The van der Waals surface area contributed by atoms with Crippen molar-refractivity contribution in [3.05, 3.63) is 53.0 Å². The minimum atomic E-state index is -0.184. The Balaban J connectivity index is 1.36. The number of hydrogen-bond acceptors (Lipinski definition) is 5. The van der Waals surface area contributed by atoms with Gasteiger partial charge in [-0.25, -0.2) is 4.98 Å². The van der Waals surface area contributed by atoms with Gasteiger partial charge in [-0.2, -0.15) is 0 Å². The third-order valence-corrected chi connectivity index (χ3v) is 5.59. The van der Waals surface area contributed by atoms with Crippen LogP contribution in [0, 0.1) is 0 Å². The lowest BCUT2D eigenvalue weighted by atomic mass is 10.1. The summed E-state index contributed by atoms with van der Waals surface area (Å²) < 4.78 is 5.64. The van der Waals surface area contributed by atoms with Crippen LogP contribution in [0.15, 0.2) is 42.5 Å². The molecule has 26 heavy (non-hydrogen) atoms. The van der Waals surface area contributed by atoms with Gasteiger partial charge in [0.05, 0.1) is 5.69 Å². The van der Waals surface area contributed by atoms with Crippen LogP contribution in [0.4, 0.5) is 5.13 Å². The molecule has 0 spiro atoms. The first-order chi connectivity index (χ1) is 12.7. The lowest BCUT2D eigenvalue weighted by Crippen LogP contribution is -2.29. The first kappa shape index (κ1) is 17.0. The van der Waals surface area contributed by atoms with Gasteiger partial charge < -0.3 is 4.74 Å². The number of anilines is 1. The van der Waals surface area contributed by atoms with Gasteiger partial charge in [0.15, 0.2) is 11.7 Å². The SMILES string of the molecule is CCN1CCc2nc(NC(=O)COc3ccc4ccccc4c3)sc2C1. The van der Waals surface area contributed by atoms with E-state index < -0.39 is 0 Å². The maximum Gasteiger partial charge on any atom is 0.264 e. The molecule has 3 aromatic rings. The summed E-state index contributed by atoms with van der Waals surface area (Å²) in [7, 11) is 0. The number of thiazole rings is 1. The highest BCUT2D eigenvalue weighted by Crippen LogP contribution is 2.28. The van der Waals surface area contributed by atoms with E-state index in [0.717, 1.165) is 42.5 Å². The van der Waals surface area contributed by atoms with Crippen molar-refractivity contribution in [2.75, 3.05) is 25.0 Å². The van der Waals surface area contributed by atoms with Crippen molar-refractivity contribution < 1.29 is 9.53 Å². The summed E-state index contributed by atoms with van der Waals surface area (Å²) >= 11 is 1.57. The van der Waals surface area contributed by atoms with Crippen molar-refractivity contribution >= 4 is 33.1 Å². The maximum atomic E-state index is 12.2. The number of carbonyl (C=O) groups excluding carboxylic acids is 1. The molecule has 1 amide bonds. The molecule has 2 heterocycles. The van der Waals surface area contributed by atoms with Gasteiger partial charge >= 0.3 is 0 Å². The molecule has 1 aromatic heterocycles. The number of carbonyl (C=O) groups is 1. The van der Waals surface area contributed by atoms with Crippen molar-refractivity contribution in [3.63, 3.8) is 0 Å². The van der Waals surface area contributed by atoms with E-state index in [1.807, 2.05) is 36.4 Å². The zero-order valence-electron chi connectivity index (χ0n) is 14.7. The number of ether oxygens (including phenoxy) is 1. The van der Waals surface area contributed by atoms with Crippen molar-refractivity contribution in [1.82, 2.24) is 9.88 Å². The second-order valence-corrected chi connectivity index (χ2v) is 7.44. The van der Waals surface area contributed by atoms with Crippen molar-refractivity contribution in [3.8, 4) is 5.75 Å². The number of nitrogens with one attached hydrogen (secondary N) is 1. The van der Waals surface area contributed by atoms with Crippen LogP contribution >= 0.6 is 11.3 Å². The van der Waals surface area contributed by atoms with Gasteiger partial charge in [-0.15, -0.1) is 11.3 Å². The monoisotopic (exact) mass is 367 g/mol. The second-order valence-electron chi connectivity index (χ2n) is 6.35. The highest BCUT2D eigenvalue weighted by molar-refractivity contribution is 7.15. The molecule has 4 rings (SSSR count). The molecule has 0 aliphatic carbocycles. The van der Waals surface area contributed by atoms with E-state index in [-0.39, 0.29) is 12.5 Å². The molecule has 2 aromatic carbocycles. The molecular formula is C20H21N3O2S. The van der Waals surface area contributed by atoms with Crippen molar-refractivity contribution in [1.29, 1.82) is 0 Å². The molecule has 1 aliphatic rings. The third kappa shape index (κ3) is 3.71. The van der Waals surface area contributed by atoms with E-state index in [4.69, 9.17) is 4.74 Å². The molecule has 0 saturated heterocycles. The first-order valence-electron chi connectivity index (χ1n) is 8.83. The molecular weight excluding hydrogens is 346 g/mol. The molecule has 0 saturated carbocycles. The van der Waals surface area contributed by atoms with Gasteiger partial charge in [0.1, 0.15) is 5.75 Å². The summed E-state index contributed by atoms with van der Waals surface area (Å²) in [4.78, 5) is 20.4. The largest absolute Gasteiger partial charge is 0.484 e. The number of nitrogens with zero attached hydrogens (tertiary/aromatic N) is 2. The Morgan fingerprint density at radius 2 is 2.12 bits per heavy atom. The Labute approximate surface area is 156 Å². The van der Waals surface area contributed by atoms with Gasteiger partial charge in [-0.1, -0.05) is 37.3 Å². The number of rotatable bonds is 5. The zero-order valence-corrected chi connectivity index (χ0v) is 15.5. The van der Waals surface area contributed by atoms with Gasteiger partial charge in [0, 0.05) is 24.4 Å². The third-order valence-electron chi connectivity index (χ3n) is 4.59. The topological polar surface area (TPSA) is 54.5 Å².